The maximum Gasteiger partial charge on any atom is 0.280 e. The summed E-state index contributed by atoms with van der Waals surface area (Å²) in [7, 11) is 0. The van der Waals surface area contributed by atoms with Crippen LogP contribution < -0.4 is 5.56 Å². The lowest BCUT2D eigenvalue weighted by Gasteiger charge is -2.02. The number of aromatic nitrogens is 2. The van der Waals surface area contributed by atoms with Gasteiger partial charge >= 0.3 is 0 Å². The Morgan fingerprint density at radius 3 is 2.50 bits per heavy atom. The van der Waals surface area contributed by atoms with Crippen LogP contribution in [0.2, 0.25) is 5.02 Å². The standard InChI is InChI=1S/C20H19ClN4O3/c1-3-6-18-19(13(2)22-17-8-5-4-7-16(17)21)20(26)24(23-18)14-9-11-15(12-10-14)25(27)28/h4-5,7-12,23H,3,6H2,1-2H3. The summed E-state index contributed by atoms with van der Waals surface area (Å²) in [5.74, 6) is 0. The number of nitrogens with zero attached hydrogens (tertiary/aromatic N) is 3. The van der Waals surface area contributed by atoms with Crippen molar-refractivity contribution in [2.75, 3.05) is 0 Å². The zero-order valence-electron chi connectivity index (χ0n) is 15.5. The van der Waals surface area contributed by atoms with E-state index in [1.807, 2.05) is 19.1 Å². The van der Waals surface area contributed by atoms with Gasteiger partial charge in [-0.05, 0) is 37.6 Å². The summed E-state index contributed by atoms with van der Waals surface area (Å²) >= 11 is 6.18. The highest BCUT2D eigenvalue weighted by Gasteiger charge is 2.18. The zero-order valence-corrected chi connectivity index (χ0v) is 16.2. The largest absolute Gasteiger partial charge is 0.294 e. The molecule has 0 fully saturated rings. The monoisotopic (exact) mass is 398 g/mol. The Morgan fingerprint density at radius 1 is 1.21 bits per heavy atom. The third-order valence-corrected chi connectivity index (χ3v) is 4.61. The first kappa shape index (κ1) is 19.6. The molecule has 0 aliphatic heterocycles. The summed E-state index contributed by atoms with van der Waals surface area (Å²) in [5.41, 5.74) is 2.62. The van der Waals surface area contributed by atoms with Crippen LogP contribution in [0.3, 0.4) is 0 Å². The summed E-state index contributed by atoms with van der Waals surface area (Å²) in [4.78, 5) is 28.0. The topological polar surface area (TPSA) is 93.3 Å². The predicted octanol–water partition coefficient (Wildman–Crippen LogP) is 4.82. The van der Waals surface area contributed by atoms with Crippen molar-refractivity contribution in [1.29, 1.82) is 0 Å². The number of rotatable bonds is 6. The van der Waals surface area contributed by atoms with E-state index in [1.54, 1.807) is 19.1 Å². The summed E-state index contributed by atoms with van der Waals surface area (Å²) in [5, 5.41) is 14.5. The van der Waals surface area contributed by atoms with Crippen molar-refractivity contribution in [2.45, 2.75) is 26.7 Å². The number of para-hydroxylation sites is 1. The SMILES string of the molecule is CCCc1[nH]n(-c2ccc([N+](=O)[O-])cc2)c(=O)c1C(C)=Nc1ccccc1Cl. The van der Waals surface area contributed by atoms with Crippen LogP contribution in [0.4, 0.5) is 11.4 Å². The van der Waals surface area contributed by atoms with Crippen LogP contribution in [0.1, 0.15) is 31.5 Å². The van der Waals surface area contributed by atoms with Crippen molar-refractivity contribution in [3.8, 4) is 5.69 Å². The summed E-state index contributed by atoms with van der Waals surface area (Å²) in [6.45, 7) is 3.79. The molecule has 0 unspecified atom stereocenters. The van der Waals surface area contributed by atoms with Gasteiger partial charge in [-0.15, -0.1) is 0 Å². The molecule has 3 rings (SSSR count). The van der Waals surface area contributed by atoms with Crippen molar-refractivity contribution in [3.63, 3.8) is 0 Å². The number of aliphatic imine (C=N–C) groups is 1. The quantitative estimate of drug-likeness (QED) is 0.366. The molecule has 0 atom stereocenters. The molecule has 1 heterocycles. The van der Waals surface area contributed by atoms with Crippen LogP contribution in [0.25, 0.3) is 5.69 Å². The van der Waals surface area contributed by atoms with Gasteiger partial charge in [0.25, 0.3) is 11.2 Å². The molecule has 8 heteroatoms. The van der Waals surface area contributed by atoms with E-state index in [-0.39, 0.29) is 11.2 Å². The van der Waals surface area contributed by atoms with Crippen LogP contribution in [0.5, 0.6) is 0 Å². The minimum atomic E-state index is -0.477. The van der Waals surface area contributed by atoms with Crippen molar-refractivity contribution in [1.82, 2.24) is 9.78 Å². The van der Waals surface area contributed by atoms with Crippen LogP contribution in [-0.2, 0) is 6.42 Å². The molecule has 0 aliphatic carbocycles. The lowest BCUT2D eigenvalue weighted by Crippen LogP contribution is -2.19. The molecule has 1 N–H and O–H groups in total. The second-order valence-electron chi connectivity index (χ2n) is 6.28. The van der Waals surface area contributed by atoms with E-state index in [0.29, 0.717) is 34.1 Å². The Labute approximate surface area is 166 Å². The Kier molecular flexibility index (Phi) is 5.75. The van der Waals surface area contributed by atoms with E-state index >= 15 is 0 Å². The first-order valence-corrected chi connectivity index (χ1v) is 9.19. The van der Waals surface area contributed by atoms with E-state index < -0.39 is 4.92 Å². The summed E-state index contributed by atoms with van der Waals surface area (Å²) in [6, 6.07) is 13.0. The number of halogens is 1. The van der Waals surface area contributed by atoms with Gasteiger partial charge in [0, 0.05) is 17.8 Å². The summed E-state index contributed by atoms with van der Waals surface area (Å²) in [6.07, 6.45) is 1.51. The van der Waals surface area contributed by atoms with Crippen molar-refractivity contribution < 1.29 is 4.92 Å². The van der Waals surface area contributed by atoms with E-state index in [1.165, 1.54) is 28.9 Å². The number of benzene rings is 2. The number of nitro benzene ring substituents is 1. The first-order valence-electron chi connectivity index (χ1n) is 8.81. The molecule has 0 spiro atoms. The van der Waals surface area contributed by atoms with Crippen molar-refractivity contribution in [3.05, 3.63) is 85.3 Å². The fourth-order valence-electron chi connectivity index (χ4n) is 2.97. The average Bonchev–Trinajstić information content (AvgIpc) is 3.00. The molecular formula is C20H19ClN4O3. The van der Waals surface area contributed by atoms with Crippen molar-refractivity contribution in [2.24, 2.45) is 4.99 Å². The van der Waals surface area contributed by atoms with Gasteiger partial charge in [0.15, 0.2) is 0 Å². The van der Waals surface area contributed by atoms with E-state index in [0.717, 1.165) is 12.1 Å². The average molecular weight is 399 g/mol. The van der Waals surface area contributed by atoms with Gasteiger partial charge in [0.05, 0.1) is 32.6 Å². The molecule has 7 nitrogen and oxygen atoms in total. The molecular weight excluding hydrogens is 380 g/mol. The Hall–Kier alpha value is -3.19. The molecule has 0 saturated heterocycles. The third-order valence-electron chi connectivity index (χ3n) is 4.29. The normalized spacial score (nSPS) is 11.6. The second kappa shape index (κ2) is 8.22. The highest BCUT2D eigenvalue weighted by atomic mass is 35.5. The molecule has 1 aromatic heterocycles. The van der Waals surface area contributed by atoms with E-state index in [4.69, 9.17) is 11.6 Å². The highest BCUT2D eigenvalue weighted by molar-refractivity contribution is 6.33. The number of hydrogen-bond acceptors (Lipinski definition) is 4. The van der Waals surface area contributed by atoms with E-state index in [2.05, 4.69) is 10.1 Å². The fraction of sp³-hybridized carbons (Fsp3) is 0.200. The molecule has 28 heavy (non-hydrogen) atoms. The lowest BCUT2D eigenvalue weighted by atomic mass is 10.1. The lowest BCUT2D eigenvalue weighted by molar-refractivity contribution is -0.384. The zero-order chi connectivity index (χ0) is 20.3. The molecule has 0 radical (unpaired) electrons. The molecule has 2 aromatic carbocycles. The molecule has 0 aliphatic rings. The molecule has 0 bridgehead atoms. The molecule has 144 valence electrons. The molecule has 3 aromatic rings. The minimum Gasteiger partial charge on any atom is -0.294 e. The van der Waals surface area contributed by atoms with Crippen LogP contribution in [0.15, 0.2) is 58.3 Å². The number of aryl methyl sites for hydroxylation is 1. The van der Waals surface area contributed by atoms with Gasteiger partial charge in [-0.25, -0.2) is 4.68 Å². The number of aromatic amines is 1. The van der Waals surface area contributed by atoms with Gasteiger partial charge in [-0.2, -0.15) is 0 Å². The number of nitrogens with one attached hydrogen (secondary N) is 1. The van der Waals surface area contributed by atoms with Gasteiger partial charge < -0.3 is 0 Å². The Morgan fingerprint density at radius 2 is 1.89 bits per heavy atom. The van der Waals surface area contributed by atoms with Gasteiger partial charge in [0.2, 0.25) is 0 Å². The minimum absolute atomic E-state index is 0.0335. The first-order chi connectivity index (χ1) is 13.4. The van der Waals surface area contributed by atoms with Crippen LogP contribution >= 0.6 is 11.6 Å². The predicted molar refractivity (Wildman–Crippen MR) is 110 cm³/mol. The van der Waals surface area contributed by atoms with E-state index in [9.17, 15) is 14.9 Å². The smallest absolute Gasteiger partial charge is 0.280 e. The van der Waals surface area contributed by atoms with Crippen LogP contribution in [-0.4, -0.2) is 20.4 Å². The number of H-pyrrole nitrogens is 1. The second-order valence-corrected chi connectivity index (χ2v) is 6.69. The van der Waals surface area contributed by atoms with Crippen molar-refractivity contribution >= 4 is 28.7 Å². The Balaban J connectivity index is 2.10. The number of non-ortho nitro benzene ring substituents is 1. The Bertz CT molecular complexity index is 1100. The third kappa shape index (κ3) is 3.89. The van der Waals surface area contributed by atoms with Gasteiger partial charge in [-0.3, -0.25) is 25.0 Å². The molecule has 0 amide bonds. The maximum atomic E-state index is 13.1. The molecule has 0 saturated carbocycles. The van der Waals surface area contributed by atoms with Crippen LogP contribution in [0, 0.1) is 10.1 Å². The summed E-state index contributed by atoms with van der Waals surface area (Å²) < 4.78 is 1.38. The van der Waals surface area contributed by atoms with Gasteiger partial charge in [0.1, 0.15) is 0 Å². The number of nitro groups is 1. The maximum absolute atomic E-state index is 13.1. The highest BCUT2D eigenvalue weighted by Crippen LogP contribution is 2.25. The van der Waals surface area contributed by atoms with Gasteiger partial charge in [-0.1, -0.05) is 37.1 Å². The fourth-order valence-corrected chi connectivity index (χ4v) is 3.15. The number of hydrogen-bond donors (Lipinski definition) is 1.